The van der Waals surface area contributed by atoms with E-state index in [1.54, 1.807) is 7.11 Å². The van der Waals surface area contributed by atoms with Gasteiger partial charge in [-0.25, -0.2) is 0 Å². The van der Waals surface area contributed by atoms with Crippen molar-refractivity contribution in [2.75, 3.05) is 27.2 Å². The van der Waals surface area contributed by atoms with E-state index in [1.165, 1.54) is 16.7 Å². The minimum Gasteiger partial charge on any atom is -0.496 e. The number of methoxy groups -OCH3 is 1. The fraction of sp³-hybridized carbons (Fsp3) is 0.562. The zero-order chi connectivity index (χ0) is 14.3. The Balaban J connectivity index is 2.60. The highest BCUT2D eigenvalue weighted by Gasteiger charge is 2.08. The van der Waals surface area contributed by atoms with Crippen molar-refractivity contribution in [3.63, 3.8) is 0 Å². The van der Waals surface area contributed by atoms with Crippen LogP contribution in [0.4, 0.5) is 0 Å². The van der Waals surface area contributed by atoms with Crippen molar-refractivity contribution in [1.82, 2.24) is 4.90 Å². The lowest BCUT2D eigenvalue weighted by Gasteiger charge is -2.18. The summed E-state index contributed by atoms with van der Waals surface area (Å²) in [6, 6.07) is 6.54. The summed E-state index contributed by atoms with van der Waals surface area (Å²) in [4.78, 5) is 2.27. The molecule has 0 N–H and O–H groups in total. The molecule has 19 heavy (non-hydrogen) atoms. The van der Waals surface area contributed by atoms with Crippen molar-refractivity contribution in [3.05, 3.63) is 28.8 Å². The molecule has 3 nitrogen and oxygen atoms in total. The van der Waals surface area contributed by atoms with Crippen LogP contribution in [0.15, 0.2) is 12.1 Å². The van der Waals surface area contributed by atoms with Gasteiger partial charge in [0.2, 0.25) is 0 Å². The van der Waals surface area contributed by atoms with Gasteiger partial charge in [-0.3, -0.25) is 0 Å². The summed E-state index contributed by atoms with van der Waals surface area (Å²) >= 11 is 0. The lowest BCUT2D eigenvalue weighted by Crippen LogP contribution is -2.22. The van der Waals surface area contributed by atoms with Crippen molar-refractivity contribution in [3.8, 4) is 11.8 Å². The number of aryl methyl sites for hydroxylation is 2. The number of ether oxygens (including phenoxy) is 1. The Kier molecular flexibility index (Phi) is 6.38. The van der Waals surface area contributed by atoms with E-state index in [4.69, 9.17) is 10.00 Å². The van der Waals surface area contributed by atoms with Crippen LogP contribution in [-0.2, 0) is 6.42 Å². The second-order valence-electron chi connectivity index (χ2n) is 5.09. The summed E-state index contributed by atoms with van der Waals surface area (Å²) in [5.74, 6) is 1.01. The third-order valence-electron chi connectivity index (χ3n) is 3.29. The van der Waals surface area contributed by atoms with E-state index in [-0.39, 0.29) is 0 Å². The smallest absolute Gasteiger partial charge is 0.125 e. The number of hydrogen-bond acceptors (Lipinski definition) is 3. The van der Waals surface area contributed by atoms with Gasteiger partial charge >= 0.3 is 0 Å². The first kappa shape index (κ1) is 15.5. The fourth-order valence-corrected chi connectivity index (χ4v) is 2.37. The molecule has 1 rings (SSSR count). The SMILES string of the molecule is COc1c(C)cc(C)cc1CCN(C)CCCC#N. The molecule has 104 valence electrons. The summed E-state index contributed by atoms with van der Waals surface area (Å²) < 4.78 is 5.50. The van der Waals surface area contributed by atoms with Crippen LogP contribution >= 0.6 is 0 Å². The van der Waals surface area contributed by atoms with Crippen molar-refractivity contribution in [1.29, 1.82) is 5.26 Å². The van der Waals surface area contributed by atoms with E-state index in [1.807, 2.05) is 0 Å². The average molecular weight is 260 g/mol. The first-order valence-corrected chi connectivity index (χ1v) is 6.78. The number of unbranched alkanes of at least 4 members (excludes halogenated alkanes) is 1. The monoisotopic (exact) mass is 260 g/mol. The second-order valence-corrected chi connectivity index (χ2v) is 5.09. The predicted molar refractivity (Wildman–Crippen MR) is 78.5 cm³/mol. The van der Waals surface area contributed by atoms with E-state index in [0.717, 1.165) is 31.7 Å². The molecule has 0 spiro atoms. The Morgan fingerprint density at radius 1 is 1.26 bits per heavy atom. The maximum Gasteiger partial charge on any atom is 0.125 e. The number of hydrogen-bond donors (Lipinski definition) is 0. The van der Waals surface area contributed by atoms with Crippen molar-refractivity contribution in [2.45, 2.75) is 33.1 Å². The standard InChI is InChI=1S/C16H24N2O/c1-13-11-14(2)16(19-4)15(12-13)7-10-18(3)9-6-5-8-17/h11-12H,5-7,9-10H2,1-4H3. The van der Waals surface area contributed by atoms with E-state index in [2.05, 4.69) is 44.0 Å². The third kappa shape index (κ3) is 4.92. The molecule has 1 aromatic carbocycles. The van der Waals surface area contributed by atoms with Gasteiger partial charge < -0.3 is 9.64 Å². The summed E-state index contributed by atoms with van der Waals surface area (Å²) in [5, 5.41) is 8.53. The molecule has 1 aromatic rings. The Bertz CT molecular complexity index is 449. The zero-order valence-corrected chi connectivity index (χ0v) is 12.5. The van der Waals surface area contributed by atoms with Gasteiger partial charge in [-0.15, -0.1) is 0 Å². The number of likely N-dealkylation sites (N-methyl/N-ethyl adjacent to an activating group) is 1. The van der Waals surface area contributed by atoms with Crippen LogP contribution in [-0.4, -0.2) is 32.1 Å². The molecule has 0 bridgehead atoms. The maximum absolute atomic E-state index is 8.53. The molecule has 0 unspecified atom stereocenters. The molecule has 0 radical (unpaired) electrons. The van der Waals surface area contributed by atoms with Gasteiger partial charge in [-0.05, 0) is 51.4 Å². The second kappa shape index (κ2) is 7.81. The summed E-state index contributed by atoms with van der Waals surface area (Å²) in [5.41, 5.74) is 3.75. The van der Waals surface area contributed by atoms with Gasteiger partial charge in [-0.2, -0.15) is 5.26 Å². The number of nitrogens with zero attached hydrogens (tertiary/aromatic N) is 2. The van der Waals surface area contributed by atoms with Crippen molar-refractivity contribution < 1.29 is 4.74 Å². The van der Waals surface area contributed by atoms with Crippen LogP contribution in [0.5, 0.6) is 5.75 Å². The molecule has 0 fully saturated rings. The Morgan fingerprint density at radius 2 is 2.00 bits per heavy atom. The van der Waals surface area contributed by atoms with Crippen molar-refractivity contribution >= 4 is 0 Å². The normalized spacial score (nSPS) is 10.5. The first-order valence-electron chi connectivity index (χ1n) is 6.78. The highest BCUT2D eigenvalue weighted by molar-refractivity contribution is 5.43. The predicted octanol–water partition coefficient (Wildman–Crippen LogP) is 3.09. The molecule has 3 heteroatoms. The largest absolute Gasteiger partial charge is 0.496 e. The van der Waals surface area contributed by atoms with E-state index < -0.39 is 0 Å². The molecule has 0 aliphatic heterocycles. The maximum atomic E-state index is 8.53. The van der Waals surface area contributed by atoms with E-state index in [0.29, 0.717) is 6.42 Å². The van der Waals surface area contributed by atoms with Crippen LogP contribution in [0.3, 0.4) is 0 Å². The minimum absolute atomic E-state index is 0.636. The van der Waals surface area contributed by atoms with Gasteiger partial charge in [0, 0.05) is 13.0 Å². The summed E-state index contributed by atoms with van der Waals surface area (Å²) in [7, 11) is 3.84. The van der Waals surface area contributed by atoms with Gasteiger partial charge in [-0.1, -0.05) is 17.7 Å². The lowest BCUT2D eigenvalue weighted by atomic mass is 10.0. The Hall–Kier alpha value is -1.53. The molecular formula is C16H24N2O. The average Bonchev–Trinajstić information content (AvgIpc) is 2.36. The molecule has 0 saturated carbocycles. The lowest BCUT2D eigenvalue weighted by molar-refractivity contribution is 0.331. The molecular weight excluding hydrogens is 236 g/mol. The minimum atomic E-state index is 0.636. The molecule has 0 aliphatic carbocycles. The number of rotatable bonds is 7. The number of benzene rings is 1. The van der Waals surface area contributed by atoms with Gasteiger partial charge in [0.05, 0.1) is 13.2 Å². The molecule has 0 aliphatic rings. The fourth-order valence-electron chi connectivity index (χ4n) is 2.37. The summed E-state index contributed by atoms with van der Waals surface area (Å²) in [6.07, 6.45) is 2.56. The van der Waals surface area contributed by atoms with Crippen LogP contribution < -0.4 is 4.74 Å². The first-order chi connectivity index (χ1) is 9.08. The quantitative estimate of drug-likeness (QED) is 0.707. The molecule has 0 amide bonds. The van der Waals surface area contributed by atoms with Gasteiger partial charge in [0.1, 0.15) is 5.75 Å². The molecule has 0 heterocycles. The van der Waals surface area contributed by atoms with Crippen molar-refractivity contribution in [2.24, 2.45) is 0 Å². The zero-order valence-electron chi connectivity index (χ0n) is 12.5. The highest BCUT2D eigenvalue weighted by atomic mass is 16.5. The Morgan fingerprint density at radius 3 is 2.63 bits per heavy atom. The van der Waals surface area contributed by atoms with Gasteiger partial charge in [0.25, 0.3) is 0 Å². The molecule has 0 atom stereocenters. The van der Waals surface area contributed by atoms with Crippen LogP contribution in [0.25, 0.3) is 0 Å². The summed E-state index contributed by atoms with van der Waals surface area (Å²) in [6.45, 7) is 6.17. The molecule has 0 saturated heterocycles. The van der Waals surface area contributed by atoms with Crippen LogP contribution in [0, 0.1) is 25.2 Å². The van der Waals surface area contributed by atoms with E-state index in [9.17, 15) is 0 Å². The van der Waals surface area contributed by atoms with E-state index >= 15 is 0 Å². The molecule has 0 aromatic heterocycles. The third-order valence-corrected chi connectivity index (χ3v) is 3.29. The topological polar surface area (TPSA) is 36.3 Å². The Labute approximate surface area is 116 Å². The number of nitriles is 1. The highest BCUT2D eigenvalue weighted by Crippen LogP contribution is 2.25. The van der Waals surface area contributed by atoms with Crippen LogP contribution in [0.1, 0.15) is 29.5 Å². The van der Waals surface area contributed by atoms with Crippen LogP contribution in [0.2, 0.25) is 0 Å². The van der Waals surface area contributed by atoms with Gasteiger partial charge in [0.15, 0.2) is 0 Å².